The zero-order valence-electron chi connectivity index (χ0n) is 18.3. The first-order chi connectivity index (χ1) is 15.5. The summed E-state index contributed by atoms with van der Waals surface area (Å²) in [5.74, 6) is 5.21. The molecule has 0 atom stereocenters. The van der Waals surface area contributed by atoms with Crippen LogP contribution < -0.4 is 5.32 Å². The lowest BCUT2D eigenvalue weighted by atomic mass is 10.0. The molecule has 0 saturated carbocycles. The summed E-state index contributed by atoms with van der Waals surface area (Å²) in [6, 6.07) is 21.6. The maximum absolute atomic E-state index is 12.3. The third-order valence-electron chi connectivity index (χ3n) is 5.29. The molecule has 1 amide bonds. The van der Waals surface area contributed by atoms with E-state index < -0.39 is 0 Å². The third kappa shape index (κ3) is 6.71. The summed E-state index contributed by atoms with van der Waals surface area (Å²) in [5.41, 5.74) is 4.68. The van der Waals surface area contributed by atoms with Gasteiger partial charge in [0.25, 0.3) is 0 Å². The normalized spacial score (nSPS) is 10.5. The molecule has 32 heavy (non-hydrogen) atoms. The highest BCUT2D eigenvalue weighted by Gasteiger charge is 2.07. The van der Waals surface area contributed by atoms with E-state index in [0.29, 0.717) is 10.7 Å². The second kappa shape index (κ2) is 11.9. The summed E-state index contributed by atoms with van der Waals surface area (Å²) in [5, 5.41) is 3.46. The van der Waals surface area contributed by atoms with Crippen LogP contribution in [0.5, 0.6) is 0 Å². The maximum atomic E-state index is 12.3. The molecule has 164 valence electrons. The van der Waals surface area contributed by atoms with Gasteiger partial charge in [-0.25, -0.2) is 0 Å². The minimum absolute atomic E-state index is 0.379. The number of carbonyl (C=O) groups excluding carboxylic acids is 1. The van der Waals surface area contributed by atoms with E-state index in [1.54, 1.807) is 6.07 Å². The summed E-state index contributed by atoms with van der Waals surface area (Å²) in [6.45, 7) is 7.31. The molecule has 0 spiro atoms. The van der Waals surface area contributed by atoms with E-state index in [4.69, 9.17) is 11.6 Å². The number of hydrogen-bond donors (Lipinski definition) is 1. The molecule has 1 N–H and O–H groups in total. The Morgan fingerprint density at radius 2 is 1.75 bits per heavy atom. The highest BCUT2D eigenvalue weighted by molar-refractivity contribution is 9.10. The van der Waals surface area contributed by atoms with Gasteiger partial charge in [0.15, 0.2) is 0 Å². The summed E-state index contributed by atoms with van der Waals surface area (Å²) >= 11 is 9.99. The van der Waals surface area contributed by atoms with Gasteiger partial charge in [-0.05, 0) is 76.4 Å². The highest BCUT2D eigenvalue weighted by atomic mass is 79.9. The van der Waals surface area contributed by atoms with Crippen molar-refractivity contribution in [2.24, 2.45) is 0 Å². The predicted molar refractivity (Wildman–Crippen MR) is 138 cm³/mol. The largest absolute Gasteiger partial charge is 0.315 e. The van der Waals surface area contributed by atoms with Crippen molar-refractivity contribution in [3.8, 4) is 23.0 Å². The molecule has 3 aromatic carbocycles. The van der Waals surface area contributed by atoms with Gasteiger partial charge < -0.3 is 10.2 Å². The standard InChI is InChI=1S/C27H26BrClN2O/c1-3-31(4-2)17-16-22-12-14-24(19-26(22)29)30-27(32)15-13-21-10-11-23(18-25(21)28)20-8-6-5-7-9-20/h5-12,14,18-19H,3-4,16-17H2,1-2H3,(H,30,32). The number of rotatable bonds is 7. The van der Waals surface area contributed by atoms with Crippen LogP contribution in [-0.4, -0.2) is 30.4 Å². The van der Waals surface area contributed by atoms with Crippen LogP contribution >= 0.6 is 27.5 Å². The minimum Gasteiger partial charge on any atom is -0.315 e. The maximum Gasteiger partial charge on any atom is 0.300 e. The quantitative estimate of drug-likeness (QED) is 0.362. The molecule has 0 heterocycles. The lowest BCUT2D eigenvalue weighted by molar-refractivity contribution is -0.111. The Labute approximate surface area is 203 Å². The highest BCUT2D eigenvalue weighted by Crippen LogP contribution is 2.25. The van der Waals surface area contributed by atoms with Crippen LogP contribution in [0.15, 0.2) is 71.2 Å². The van der Waals surface area contributed by atoms with Gasteiger partial charge in [-0.3, -0.25) is 4.79 Å². The average molecular weight is 510 g/mol. The molecule has 0 unspecified atom stereocenters. The first kappa shape index (κ1) is 24.1. The molecule has 5 heteroatoms. The van der Waals surface area contributed by atoms with Crippen molar-refractivity contribution in [3.63, 3.8) is 0 Å². The SMILES string of the molecule is CCN(CC)CCc1ccc(NC(=O)C#Cc2ccc(-c3ccccc3)cc2Br)cc1Cl. The topological polar surface area (TPSA) is 32.3 Å². The third-order valence-corrected chi connectivity index (χ3v) is 6.30. The second-order valence-electron chi connectivity index (χ2n) is 7.35. The van der Waals surface area contributed by atoms with Crippen molar-refractivity contribution in [2.75, 3.05) is 25.0 Å². The summed E-state index contributed by atoms with van der Waals surface area (Å²) < 4.78 is 0.847. The van der Waals surface area contributed by atoms with Crippen molar-refractivity contribution in [1.29, 1.82) is 0 Å². The van der Waals surface area contributed by atoms with Gasteiger partial charge in [0, 0.05) is 33.2 Å². The first-order valence-corrected chi connectivity index (χ1v) is 11.9. The summed E-state index contributed by atoms with van der Waals surface area (Å²) in [7, 11) is 0. The van der Waals surface area contributed by atoms with Gasteiger partial charge in [0.05, 0.1) is 0 Å². The Bertz CT molecular complexity index is 1130. The Hall–Kier alpha value is -2.58. The Balaban J connectivity index is 1.63. The van der Waals surface area contributed by atoms with E-state index in [2.05, 4.69) is 64.0 Å². The van der Waals surface area contributed by atoms with Crippen LogP contribution in [0, 0.1) is 11.8 Å². The second-order valence-corrected chi connectivity index (χ2v) is 8.61. The Kier molecular flexibility index (Phi) is 8.93. The Morgan fingerprint density at radius 1 is 1.00 bits per heavy atom. The molecule has 0 fully saturated rings. The molecule has 0 aromatic heterocycles. The van der Waals surface area contributed by atoms with Crippen molar-refractivity contribution in [1.82, 2.24) is 4.90 Å². The van der Waals surface area contributed by atoms with Crippen molar-refractivity contribution in [3.05, 3.63) is 87.4 Å². The molecule has 3 aromatic rings. The van der Waals surface area contributed by atoms with Crippen molar-refractivity contribution < 1.29 is 4.79 Å². The smallest absolute Gasteiger partial charge is 0.300 e. The van der Waals surface area contributed by atoms with E-state index in [-0.39, 0.29) is 5.91 Å². The van der Waals surface area contributed by atoms with Crippen LogP contribution in [-0.2, 0) is 11.2 Å². The van der Waals surface area contributed by atoms with Crippen LogP contribution in [0.25, 0.3) is 11.1 Å². The van der Waals surface area contributed by atoms with Crippen LogP contribution in [0.2, 0.25) is 5.02 Å². The number of likely N-dealkylation sites (N-methyl/N-ethyl adjacent to an activating group) is 1. The van der Waals surface area contributed by atoms with Gasteiger partial charge in [-0.1, -0.05) is 73.8 Å². The zero-order chi connectivity index (χ0) is 22.9. The molecule has 3 rings (SSSR count). The fraction of sp³-hybridized carbons (Fsp3) is 0.222. The fourth-order valence-corrected chi connectivity index (χ4v) is 4.11. The predicted octanol–water partition coefficient (Wildman–Crippen LogP) is 6.64. The monoisotopic (exact) mass is 508 g/mol. The molecular weight excluding hydrogens is 484 g/mol. The van der Waals surface area contributed by atoms with Gasteiger partial charge in [0.1, 0.15) is 0 Å². The number of nitrogens with zero attached hydrogens (tertiary/aromatic N) is 1. The number of nitrogens with one attached hydrogen (secondary N) is 1. The summed E-state index contributed by atoms with van der Waals surface area (Å²) in [6.07, 6.45) is 0.877. The molecule has 0 aliphatic heterocycles. The Morgan fingerprint density at radius 3 is 2.41 bits per heavy atom. The van der Waals surface area contributed by atoms with E-state index in [0.717, 1.165) is 52.8 Å². The first-order valence-electron chi connectivity index (χ1n) is 10.7. The molecule has 0 radical (unpaired) electrons. The van der Waals surface area contributed by atoms with E-state index in [1.165, 1.54) is 0 Å². The number of carbonyl (C=O) groups is 1. The van der Waals surface area contributed by atoms with Gasteiger partial charge in [0.2, 0.25) is 0 Å². The summed E-state index contributed by atoms with van der Waals surface area (Å²) in [4.78, 5) is 14.7. The lowest BCUT2D eigenvalue weighted by Crippen LogP contribution is -2.25. The van der Waals surface area contributed by atoms with E-state index in [9.17, 15) is 4.79 Å². The molecule has 0 bridgehead atoms. The molecule has 0 aliphatic rings. The number of anilines is 1. The van der Waals surface area contributed by atoms with Gasteiger partial charge >= 0.3 is 5.91 Å². The minimum atomic E-state index is -0.379. The molecule has 0 saturated heterocycles. The average Bonchev–Trinajstić information content (AvgIpc) is 2.80. The number of amides is 1. The van der Waals surface area contributed by atoms with Gasteiger partial charge in [-0.2, -0.15) is 0 Å². The van der Waals surface area contributed by atoms with Crippen LogP contribution in [0.4, 0.5) is 5.69 Å². The van der Waals surface area contributed by atoms with E-state index >= 15 is 0 Å². The molecule has 0 aliphatic carbocycles. The fourth-order valence-electron chi connectivity index (χ4n) is 3.36. The number of hydrogen-bond acceptors (Lipinski definition) is 2. The molecular formula is C27H26BrClN2O. The van der Waals surface area contributed by atoms with Crippen LogP contribution in [0.3, 0.4) is 0 Å². The van der Waals surface area contributed by atoms with Crippen molar-refractivity contribution in [2.45, 2.75) is 20.3 Å². The van der Waals surface area contributed by atoms with Crippen LogP contribution in [0.1, 0.15) is 25.0 Å². The van der Waals surface area contributed by atoms with E-state index in [1.807, 2.05) is 48.5 Å². The van der Waals surface area contributed by atoms with Crippen molar-refractivity contribution >= 4 is 39.1 Å². The number of halogens is 2. The zero-order valence-corrected chi connectivity index (χ0v) is 20.6. The number of benzene rings is 3. The lowest BCUT2D eigenvalue weighted by Gasteiger charge is -2.18. The molecule has 3 nitrogen and oxygen atoms in total. The van der Waals surface area contributed by atoms with Gasteiger partial charge in [-0.15, -0.1) is 0 Å².